The van der Waals surface area contributed by atoms with Gasteiger partial charge in [0.05, 0.1) is 11.1 Å². The summed E-state index contributed by atoms with van der Waals surface area (Å²) in [6.07, 6.45) is 5.49. The van der Waals surface area contributed by atoms with Crippen LogP contribution in [0.15, 0.2) is 5.03 Å². The summed E-state index contributed by atoms with van der Waals surface area (Å²) in [4.78, 5) is 9.31. The molecule has 1 aromatic rings. The molecule has 2 fully saturated rings. The minimum absolute atomic E-state index is 0.435. The summed E-state index contributed by atoms with van der Waals surface area (Å²) in [5, 5.41) is 19.4. The van der Waals surface area contributed by atoms with Gasteiger partial charge in [-0.05, 0) is 50.8 Å². The smallest absolute Gasteiger partial charge is 0.148 e. The molecular weight excluding hydrogens is 318 g/mol. The van der Waals surface area contributed by atoms with E-state index in [0.717, 1.165) is 31.5 Å². The van der Waals surface area contributed by atoms with E-state index in [1.807, 2.05) is 6.92 Å². The zero-order valence-corrected chi connectivity index (χ0v) is 15.0. The van der Waals surface area contributed by atoms with E-state index in [9.17, 15) is 10.5 Å². The highest BCUT2D eigenvalue weighted by atomic mass is 32.1. The minimum Gasteiger partial charge on any atom is -0.355 e. The number of nitrogens with zero attached hydrogens (tertiary/aromatic N) is 5. The molecule has 2 saturated heterocycles. The zero-order valence-electron chi connectivity index (χ0n) is 14.1. The standard InChI is InChI=1S/C18H23N5S/c1-2-14-15(11-19)17(21-18(24)16(14)12-20)23-9-5-13(6-10-23)22-7-3-4-8-22/h13H,2-10H2,1H3,(H,21,24). The summed E-state index contributed by atoms with van der Waals surface area (Å²) >= 11 is 4.39. The second-order valence-electron chi connectivity index (χ2n) is 6.53. The van der Waals surface area contributed by atoms with Gasteiger partial charge in [-0.15, -0.1) is 12.6 Å². The number of likely N-dealkylation sites (tertiary alicyclic amines) is 1. The molecule has 3 rings (SSSR count). The lowest BCUT2D eigenvalue weighted by atomic mass is 9.99. The zero-order chi connectivity index (χ0) is 17.1. The molecule has 0 saturated carbocycles. The van der Waals surface area contributed by atoms with Gasteiger partial charge < -0.3 is 9.80 Å². The topological polar surface area (TPSA) is 67.0 Å². The Morgan fingerprint density at radius 1 is 1.08 bits per heavy atom. The van der Waals surface area contributed by atoms with Crippen molar-refractivity contribution in [2.45, 2.75) is 50.1 Å². The Morgan fingerprint density at radius 2 is 1.71 bits per heavy atom. The second-order valence-corrected chi connectivity index (χ2v) is 6.95. The van der Waals surface area contributed by atoms with E-state index in [2.05, 4.69) is 39.6 Å². The van der Waals surface area contributed by atoms with Gasteiger partial charge in [0.1, 0.15) is 23.0 Å². The number of aromatic nitrogens is 1. The number of nitriles is 2. The summed E-state index contributed by atoms with van der Waals surface area (Å²) in [6.45, 7) is 6.23. The van der Waals surface area contributed by atoms with Crippen molar-refractivity contribution in [1.82, 2.24) is 9.88 Å². The highest BCUT2D eigenvalue weighted by molar-refractivity contribution is 7.80. The van der Waals surface area contributed by atoms with Crippen LogP contribution in [-0.4, -0.2) is 42.1 Å². The van der Waals surface area contributed by atoms with Crippen molar-refractivity contribution in [3.8, 4) is 12.1 Å². The van der Waals surface area contributed by atoms with Crippen LogP contribution < -0.4 is 4.90 Å². The van der Waals surface area contributed by atoms with Gasteiger partial charge in [-0.25, -0.2) is 4.98 Å². The SMILES string of the molecule is CCc1c(C#N)c(S)nc(N2CCC(N3CCCC3)CC2)c1C#N. The average Bonchev–Trinajstić information content (AvgIpc) is 3.15. The van der Waals surface area contributed by atoms with Crippen molar-refractivity contribution >= 4 is 18.4 Å². The molecule has 1 aromatic heterocycles. The maximum atomic E-state index is 9.64. The fraction of sp³-hybridized carbons (Fsp3) is 0.611. The molecule has 0 unspecified atom stereocenters. The van der Waals surface area contributed by atoms with E-state index >= 15 is 0 Å². The molecule has 5 nitrogen and oxygen atoms in total. The van der Waals surface area contributed by atoms with Crippen molar-refractivity contribution in [1.29, 1.82) is 10.5 Å². The lowest BCUT2D eigenvalue weighted by Gasteiger charge is -2.37. The molecular formula is C18H23N5S. The van der Waals surface area contributed by atoms with E-state index in [0.29, 0.717) is 34.4 Å². The fourth-order valence-electron chi connectivity index (χ4n) is 3.97. The number of hydrogen-bond donors (Lipinski definition) is 1. The highest BCUT2D eigenvalue weighted by Crippen LogP contribution is 2.31. The molecule has 0 radical (unpaired) electrons. The molecule has 126 valence electrons. The quantitative estimate of drug-likeness (QED) is 0.856. The Balaban J connectivity index is 1.84. The van der Waals surface area contributed by atoms with E-state index in [1.54, 1.807) is 0 Å². The van der Waals surface area contributed by atoms with Crippen LogP contribution in [-0.2, 0) is 6.42 Å². The van der Waals surface area contributed by atoms with Gasteiger partial charge in [0.2, 0.25) is 0 Å². The Hall–Kier alpha value is -1.76. The molecule has 2 aliphatic rings. The van der Waals surface area contributed by atoms with Crippen molar-refractivity contribution in [3.05, 3.63) is 16.7 Å². The molecule has 3 heterocycles. The number of hydrogen-bond acceptors (Lipinski definition) is 6. The monoisotopic (exact) mass is 341 g/mol. The number of thiol groups is 1. The van der Waals surface area contributed by atoms with Crippen molar-refractivity contribution in [3.63, 3.8) is 0 Å². The third-order valence-corrected chi connectivity index (χ3v) is 5.58. The van der Waals surface area contributed by atoms with Gasteiger partial charge in [0, 0.05) is 19.1 Å². The third-order valence-electron chi connectivity index (χ3n) is 5.26. The molecule has 0 amide bonds. The van der Waals surface area contributed by atoms with Crippen LogP contribution in [0, 0.1) is 22.7 Å². The van der Waals surface area contributed by atoms with Crippen molar-refractivity contribution in [2.75, 3.05) is 31.1 Å². The molecule has 0 bridgehead atoms. The first-order chi connectivity index (χ1) is 11.7. The van der Waals surface area contributed by atoms with Gasteiger partial charge in [0.15, 0.2) is 0 Å². The molecule has 2 aliphatic heterocycles. The first-order valence-corrected chi connectivity index (χ1v) is 9.19. The van der Waals surface area contributed by atoms with E-state index in [1.165, 1.54) is 25.9 Å². The molecule has 0 atom stereocenters. The molecule has 0 spiro atoms. The highest BCUT2D eigenvalue weighted by Gasteiger charge is 2.29. The third kappa shape index (κ3) is 3.09. The Bertz CT molecular complexity index is 689. The van der Waals surface area contributed by atoms with Crippen LogP contribution in [0.5, 0.6) is 0 Å². The van der Waals surface area contributed by atoms with Crippen LogP contribution >= 0.6 is 12.6 Å². The van der Waals surface area contributed by atoms with E-state index in [-0.39, 0.29) is 0 Å². The summed E-state index contributed by atoms with van der Waals surface area (Å²) in [5.74, 6) is 0.707. The Labute approximate surface area is 149 Å². The first kappa shape index (κ1) is 17.1. The van der Waals surface area contributed by atoms with Gasteiger partial charge in [-0.3, -0.25) is 0 Å². The predicted molar refractivity (Wildman–Crippen MR) is 96.3 cm³/mol. The van der Waals surface area contributed by atoms with Gasteiger partial charge in [0.25, 0.3) is 0 Å². The van der Waals surface area contributed by atoms with Crippen molar-refractivity contribution < 1.29 is 0 Å². The first-order valence-electron chi connectivity index (χ1n) is 8.74. The molecule has 0 aliphatic carbocycles. The molecule has 0 N–H and O–H groups in total. The van der Waals surface area contributed by atoms with Crippen LogP contribution in [0.25, 0.3) is 0 Å². The normalized spacial score (nSPS) is 19.2. The predicted octanol–water partition coefficient (Wildman–Crippen LogP) is 2.74. The lowest BCUT2D eigenvalue weighted by Crippen LogP contribution is -2.44. The minimum atomic E-state index is 0.435. The van der Waals surface area contributed by atoms with Crippen LogP contribution in [0.4, 0.5) is 5.82 Å². The largest absolute Gasteiger partial charge is 0.355 e. The number of rotatable bonds is 3. The second kappa shape index (κ2) is 7.42. The summed E-state index contributed by atoms with van der Waals surface area (Å²) < 4.78 is 0. The maximum Gasteiger partial charge on any atom is 0.148 e. The summed E-state index contributed by atoms with van der Waals surface area (Å²) in [7, 11) is 0. The van der Waals surface area contributed by atoms with Gasteiger partial charge >= 0.3 is 0 Å². The summed E-state index contributed by atoms with van der Waals surface area (Å²) in [5.41, 5.74) is 1.76. The van der Waals surface area contributed by atoms with Crippen LogP contribution in [0.1, 0.15) is 49.3 Å². The Morgan fingerprint density at radius 3 is 2.25 bits per heavy atom. The number of anilines is 1. The number of piperidine rings is 1. The Kier molecular flexibility index (Phi) is 5.28. The molecule has 0 aromatic carbocycles. The van der Waals surface area contributed by atoms with E-state index < -0.39 is 0 Å². The molecule has 6 heteroatoms. The van der Waals surface area contributed by atoms with Gasteiger partial charge in [-0.1, -0.05) is 6.92 Å². The number of pyridine rings is 1. The van der Waals surface area contributed by atoms with Crippen LogP contribution in [0.2, 0.25) is 0 Å². The molecule has 24 heavy (non-hydrogen) atoms. The summed E-state index contributed by atoms with van der Waals surface area (Å²) in [6, 6.07) is 5.09. The lowest BCUT2D eigenvalue weighted by molar-refractivity contribution is 0.207. The fourth-order valence-corrected chi connectivity index (χ4v) is 4.25. The average molecular weight is 341 g/mol. The van der Waals surface area contributed by atoms with Crippen LogP contribution in [0.3, 0.4) is 0 Å². The van der Waals surface area contributed by atoms with E-state index in [4.69, 9.17) is 0 Å². The van der Waals surface area contributed by atoms with Crippen molar-refractivity contribution in [2.24, 2.45) is 0 Å². The maximum absolute atomic E-state index is 9.64. The van der Waals surface area contributed by atoms with Gasteiger partial charge in [-0.2, -0.15) is 10.5 Å².